The first-order valence-electron chi connectivity index (χ1n) is 7.24. The Kier molecular flexibility index (Phi) is 4.58. The third-order valence-electron chi connectivity index (χ3n) is 3.71. The minimum absolute atomic E-state index is 0.0506. The van der Waals surface area contributed by atoms with Gasteiger partial charge >= 0.3 is 0 Å². The molecule has 3 rings (SSSR count). The van der Waals surface area contributed by atoms with E-state index in [4.69, 9.17) is 0 Å². The molecule has 0 unspecified atom stereocenters. The number of pyridine rings is 2. The van der Waals surface area contributed by atoms with E-state index in [1.165, 1.54) is 11.8 Å². The van der Waals surface area contributed by atoms with Crippen molar-refractivity contribution in [3.05, 3.63) is 48.3 Å². The number of anilines is 1. The van der Waals surface area contributed by atoms with Crippen molar-refractivity contribution in [2.75, 3.05) is 24.2 Å². The highest BCUT2D eigenvalue weighted by Crippen LogP contribution is 2.20. The maximum absolute atomic E-state index is 12.4. The predicted octanol–water partition coefficient (Wildman–Crippen LogP) is 2.21. The zero-order valence-corrected chi connectivity index (χ0v) is 13.2. The molecular weight excluding hydrogens is 296 g/mol. The summed E-state index contributed by atoms with van der Waals surface area (Å²) in [5.74, 6) is 0.913. The molecule has 1 amide bonds. The van der Waals surface area contributed by atoms with Crippen molar-refractivity contribution in [2.24, 2.45) is 0 Å². The van der Waals surface area contributed by atoms with Gasteiger partial charge in [0.2, 0.25) is 0 Å². The quantitative estimate of drug-likeness (QED) is 0.877. The lowest BCUT2D eigenvalue weighted by Gasteiger charge is -2.18. The molecule has 1 saturated heterocycles. The molecule has 0 radical (unpaired) electrons. The summed E-state index contributed by atoms with van der Waals surface area (Å²) in [4.78, 5) is 23.2. The standard InChI is InChI=1S/C16H18N4OS/c1-22-16-13(5-4-9-18-16)15(21)19-12-7-10-20(11-12)14-6-2-3-8-17-14/h2-6,8-9,12H,7,10-11H2,1H3,(H,19,21)/t12-/m0/s1. The molecule has 1 fully saturated rings. The largest absolute Gasteiger partial charge is 0.354 e. The Bertz CT molecular complexity index is 650. The molecule has 0 spiro atoms. The van der Waals surface area contributed by atoms with Gasteiger partial charge in [-0.05, 0) is 36.9 Å². The van der Waals surface area contributed by atoms with Gasteiger partial charge in [-0.25, -0.2) is 9.97 Å². The Morgan fingerprint density at radius 3 is 2.91 bits per heavy atom. The van der Waals surface area contributed by atoms with Crippen molar-refractivity contribution in [1.29, 1.82) is 0 Å². The summed E-state index contributed by atoms with van der Waals surface area (Å²) in [6.07, 6.45) is 6.36. The van der Waals surface area contributed by atoms with Crippen molar-refractivity contribution in [1.82, 2.24) is 15.3 Å². The first-order chi connectivity index (χ1) is 10.8. The number of amides is 1. The van der Waals surface area contributed by atoms with Crippen molar-refractivity contribution < 1.29 is 4.79 Å². The molecule has 1 atom stereocenters. The number of carbonyl (C=O) groups is 1. The number of rotatable bonds is 4. The SMILES string of the molecule is CSc1ncccc1C(=O)N[C@H]1CCN(c2ccccn2)C1. The zero-order chi connectivity index (χ0) is 15.4. The molecule has 5 nitrogen and oxygen atoms in total. The van der Waals surface area contributed by atoms with Gasteiger partial charge in [0.25, 0.3) is 5.91 Å². The lowest BCUT2D eigenvalue weighted by molar-refractivity contribution is 0.0936. The maximum Gasteiger partial charge on any atom is 0.254 e. The molecule has 0 bridgehead atoms. The summed E-state index contributed by atoms with van der Waals surface area (Å²) >= 11 is 1.49. The molecule has 3 heterocycles. The van der Waals surface area contributed by atoms with E-state index in [1.807, 2.05) is 30.5 Å². The van der Waals surface area contributed by atoms with Gasteiger partial charge in [-0.1, -0.05) is 6.07 Å². The lowest BCUT2D eigenvalue weighted by Crippen LogP contribution is -2.37. The Morgan fingerprint density at radius 1 is 1.27 bits per heavy atom. The molecular formula is C16H18N4OS. The minimum Gasteiger partial charge on any atom is -0.354 e. The highest BCUT2D eigenvalue weighted by Gasteiger charge is 2.25. The van der Waals surface area contributed by atoms with E-state index >= 15 is 0 Å². The third-order valence-corrected chi connectivity index (χ3v) is 4.42. The van der Waals surface area contributed by atoms with E-state index < -0.39 is 0 Å². The fourth-order valence-electron chi connectivity index (χ4n) is 2.62. The van der Waals surface area contributed by atoms with Crippen LogP contribution in [0.1, 0.15) is 16.8 Å². The normalized spacial score (nSPS) is 17.5. The van der Waals surface area contributed by atoms with E-state index in [2.05, 4.69) is 20.2 Å². The molecule has 0 saturated carbocycles. The number of nitrogens with one attached hydrogen (secondary N) is 1. The molecule has 2 aromatic rings. The van der Waals surface area contributed by atoms with E-state index in [9.17, 15) is 4.79 Å². The molecule has 114 valence electrons. The monoisotopic (exact) mass is 314 g/mol. The fourth-order valence-corrected chi connectivity index (χ4v) is 3.16. The molecule has 1 aliphatic rings. The average Bonchev–Trinajstić information content (AvgIpc) is 3.04. The number of hydrogen-bond acceptors (Lipinski definition) is 5. The number of thioether (sulfide) groups is 1. The van der Waals surface area contributed by atoms with Gasteiger partial charge in [0, 0.05) is 31.5 Å². The van der Waals surface area contributed by atoms with E-state index in [0.717, 1.165) is 30.4 Å². The van der Waals surface area contributed by atoms with Crippen LogP contribution >= 0.6 is 11.8 Å². The Hall–Kier alpha value is -2.08. The van der Waals surface area contributed by atoms with Crippen LogP contribution in [0, 0.1) is 0 Å². The van der Waals surface area contributed by atoms with Gasteiger partial charge in [-0.3, -0.25) is 4.79 Å². The Labute approximate surface area is 134 Å². The molecule has 6 heteroatoms. The number of carbonyl (C=O) groups excluding carboxylic acids is 1. The van der Waals surface area contributed by atoms with Crippen LogP contribution in [0.2, 0.25) is 0 Å². The van der Waals surface area contributed by atoms with Crippen molar-refractivity contribution in [3.8, 4) is 0 Å². The second kappa shape index (κ2) is 6.79. The molecule has 0 aromatic carbocycles. The van der Waals surface area contributed by atoms with Crippen LogP contribution in [0.4, 0.5) is 5.82 Å². The van der Waals surface area contributed by atoms with E-state index in [-0.39, 0.29) is 11.9 Å². The van der Waals surface area contributed by atoms with Crippen molar-refractivity contribution in [3.63, 3.8) is 0 Å². The summed E-state index contributed by atoms with van der Waals surface area (Å²) in [5.41, 5.74) is 0.645. The fraction of sp³-hybridized carbons (Fsp3) is 0.312. The summed E-state index contributed by atoms with van der Waals surface area (Å²) < 4.78 is 0. The molecule has 1 aliphatic heterocycles. The topological polar surface area (TPSA) is 58.1 Å². The van der Waals surface area contributed by atoms with Crippen LogP contribution in [0.25, 0.3) is 0 Å². The van der Waals surface area contributed by atoms with Crippen molar-refractivity contribution in [2.45, 2.75) is 17.5 Å². The van der Waals surface area contributed by atoms with Gasteiger partial charge in [-0.2, -0.15) is 0 Å². The van der Waals surface area contributed by atoms with Crippen LogP contribution in [0.15, 0.2) is 47.8 Å². The summed E-state index contributed by atoms with van der Waals surface area (Å²) in [6.45, 7) is 1.70. The smallest absolute Gasteiger partial charge is 0.254 e. The molecule has 22 heavy (non-hydrogen) atoms. The van der Waals surface area contributed by atoms with Gasteiger partial charge < -0.3 is 10.2 Å². The lowest BCUT2D eigenvalue weighted by atomic mass is 10.2. The van der Waals surface area contributed by atoms with Gasteiger partial charge in [0.1, 0.15) is 10.8 Å². The summed E-state index contributed by atoms with van der Waals surface area (Å²) in [5, 5.41) is 3.87. The minimum atomic E-state index is -0.0506. The Balaban J connectivity index is 1.64. The Morgan fingerprint density at radius 2 is 2.14 bits per heavy atom. The van der Waals surface area contributed by atoms with E-state index in [1.54, 1.807) is 18.5 Å². The first kappa shape index (κ1) is 14.8. The maximum atomic E-state index is 12.4. The van der Waals surface area contributed by atoms with Crippen LogP contribution in [0.3, 0.4) is 0 Å². The third kappa shape index (κ3) is 3.22. The van der Waals surface area contributed by atoms with E-state index in [0.29, 0.717) is 5.56 Å². The predicted molar refractivity (Wildman–Crippen MR) is 88.3 cm³/mol. The van der Waals surface area contributed by atoms with Crippen LogP contribution < -0.4 is 10.2 Å². The van der Waals surface area contributed by atoms with Gasteiger partial charge in [0.05, 0.1) is 5.56 Å². The summed E-state index contributed by atoms with van der Waals surface area (Å²) in [6, 6.07) is 9.64. The van der Waals surface area contributed by atoms with Gasteiger partial charge in [-0.15, -0.1) is 11.8 Å². The first-order valence-corrected chi connectivity index (χ1v) is 8.46. The molecule has 0 aliphatic carbocycles. The second-order valence-electron chi connectivity index (χ2n) is 5.15. The van der Waals surface area contributed by atoms with Crippen LogP contribution in [-0.2, 0) is 0 Å². The number of aromatic nitrogens is 2. The highest BCUT2D eigenvalue weighted by molar-refractivity contribution is 7.98. The van der Waals surface area contributed by atoms with Crippen LogP contribution in [0.5, 0.6) is 0 Å². The van der Waals surface area contributed by atoms with Crippen LogP contribution in [-0.4, -0.2) is 41.3 Å². The highest BCUT2D eigenvalue weighted by atomic mass is 32.2. The molecule has 1 N–H and O–H groups in total. The van der Waals surface area contributed by atoms with Gasteiger partial charge in [0.15, 0.2) is 0 Å². The second-order valence-corrected chi connectivity index (χ2v) is 5.95. The van der Waals surface area contributed by atoms with Crippen molar-refractivity contribution >= 4 is 23.5 Å². The number of hydrogen-bond donors (Lipinski definition) is 1. The number of nitrogens with zero attached hydrogens (tertiary/aromatic N) is 3. The zero-order valence-electron chi connectivity index (χ0n) is 12.4. The average molecular weight is 314 g/mol. The molecule has 2 aromatic heterocycles. The summed E-state index contributed by atoms with van der Waals surface area (Å²) in [7, 11) is 0.